The lowest BCUT2D eigenvalue weighted by atomic mass is 9.70. The van der Waals surface area contributed by atoms with Gasteiger partial charge in [0.2, 0.25) is 10.0 Å². The number of sulfonamides is 1. The zero-order valence-electron chi connectivity index (χ0n) is 18.5. The van der Waals surface area contributed by atoms with Crippen molar-refractivity contribution in [2.24, 2.45) is 16.7 Å². The van der Waals surface area contributed by atoms with Crippen LogP contribution in [0.1, 0.15) is 44.2 Å². The van der Waals surface area contributed by atoms with E-state index in [1.807, 2.05) is 49.4 Å². The number of rotatable bonds is 5. The van der Waals surface area contributed by atoms with Crippen LogP contribution in [0.5, 0.6) is 0 Å². The molecule has 0 spiro atoms. The highest BCUT2D eigenvalue weighted by atomic mass is 32.2. The number of aliphatic hydroxyl groups is 1. The zero-order valence-corrected chi connectivity index (χ0v) is 19.3. The molecule has 0 bridgehead atoms. The third-order valence-electron chi connectivity index (χ3n) is 6.72. The van der Waals surface area contributed by atoms with Crippen LogP contribution in [-0.4, -0.2) is 37.0 Å². The molecule has 2 fully saturated rings. The van der Waals surface area contributed by atoms with Gasteiger partial charge < -0.3 is 5.11 Å². The predicted octanol–water partition coefficient (Wildman–Crippen LogP) is 4.22. The highest BCUT2D eigenvalue weighted by Crippen LogP contribution is 2.65. The molecule has 2 aromatic carbocycles. The molecule has 0 aliphatic heterocycles. The standard InChI is InChI=1S/C26H31NO3S/c1-20-11-13-22(14-12-20)31(29,30)27(15-7-10-21-8-5-4-6-9-21)19-26-16-23(26)24(28)17-25(2,3)18-26/h4-6,8-9,11-14,23-24,28H,15-19H2,1-3H3/t23-,24-,26+/m1/s1. The Morgan fingerprint density at radius 3 is 2.42 bits per heavy atom. The summed E-state index contributed by atoms with van der Waals surface area (Å²) >= 11 is 0. The molecule has 4 nitrogen and oxygen atoms in total. The topological polar surface area (TPSA) is 57.6 Å². The summed E-state index contributed by atoms with van der Waals surface area (Å²) in [6.45, 7) is 6.81. The molecule has 164 valence electrons. The van der Waals surface area contributed by atoms with Gasteiger partial charge in [-0.05, 0) is 67.2 Å². The Bertz CT molecular complexity index is 1100. The zero-order chi connectivity index (χ0) is 22.3. The van der Waals surface area contributed by atoms with Crippen molar-refractivity contribution in [3.63, 3.8) is 0 Å². The van der Waals surface area contributed by atoms with Gasteiger partial charge in [0.05, 0.1) is 17.5 Å². The summed E-state index contributed by atoms with van der Waals surface area (Å²) in [7, 11) is -3.69. The molecule has 3 atom stereocenters. The minimum Gasteiger partial charge on any atom is -0.393 e. The van der Waals surface area contributed by atoms with Crippen molar-refractivity contribution >= 4 is 10.0 Å². The summed E-state index contributed by atoms with van der Waals surface area (Å²) in [5.41, 5.74) is 1.73. The van der Waals surface area contributed by atoms with E-state index in [2.05, 4.69) is 25.7 Å². The summed E-state index contributed by atoms with van der Waals surface area (Å²) in [5.74, 6) is 6.35. The van der Waals surface area contributed by atoms with Crippen molar-refractivity contribution in [2.75, 3.05) is 13.1 Å². The average Bonchev–Trinajstić information content (AvgIpc) is 3.41. The molecular weight excluding hydrogens is 406 g/mol. The van der Waals surface area contributed by atoms with Gasteiger partial charge in [-0.3, -0.25) is 0 Å². The first-order chi connectivity index (χ1) is 14.6. The molecule has 4 rings (SSSR count). The van der Waals surface area contributed by atoms with Crippen LogP contribution in [0.2, 0.25) is 0 Å². The number of aryl methyl sites for hydroxylation is 1. The average molecular weight is 438 g/mol. The van der Waals surface area contributed by atoms with Gasteiger partial charge in [-0.15, -0.1) is 0 Å². The van der Waals surface area contributed by atoms with Gasteiger partial charge >= 0.3 is 0 Å². The molecule has 0 amide bonds. The summed E-state index contributed by atoms with van der Waals surface area (Å²) in [4.78, 5) is 0.295. The monoisotopic (exact) mass is 437 g/mol. The number of hydrogen-bond acceptors (Lipinski definition) is 3. The normalized spacial score (nSPS) is 26.6. The van der Waals surface area contributed by atoms with Gasteiger partial charge in [0, 0.05) is 12.1 Å². The first-order valence-corrected chi connectivity index (χ1v) is 12.3. The number of benzene rings is 2. The molecule has 1 N–H and O–H groups in total. The summed E-state index contributed by atoms with van der Waals surface area (Å²) < 4.78 is 28.6. The van der Waals surface area contributed by atoms with Crippen LogP contribution in [0, 0.1) is 35.5 Å². The van der Waals surface area contributed by atoms with E-state index in [9.17, 15) is 13.5 Å². The van der Waals surface area contributed by atoms with Crippen molar-refractivity contribution in [3.05, 3.63) is 65.7 Å². The maximum absolute atomic E-state index is 13.6. The fourth-order valence-electron chi connectivity index (χ4n) is 5.29. The Morgan fingerprint density at radius 2 is 1.74 bits per heavy atom. The minimum absolute atomic E-state index is 0.00141. The Balaban J connectivity index is 1.63. The summed E-state index contributed by atoms with van der Waals surface area (Å²) in [6, 6.07) is 16.6. The fraction of sp³-hybridized carbons (Fsp3) is 0.462. The lowest BCUT2D eigenvalue weighted by Crippen LogP contribution is -2.42. The largest absolute Gasteiger partial charge is 0.393 e. The molecule has 2 aliphatic rings. The van der Waals surface area contributed by atoms with Crippen LogP contribution >= 0.6 is 0 Å². The van der Waals surface area contributed by atoms with E-state index < -0.39 is 10.0 Å². The molecular formula is C26H31NO3S. The van der Waals surface area contributed by atoms with Crippen LogP contribution < -0.4 is 0 Å². The first kappa shape index (κ1) is 22.1. The van der Waals surface area contributed by atoms with Gasteiger partial charge in [-0.1, -0.05) is 61.6 Å². The third kappa shape index (κ3) is 4.72. The smallest absolute Gasteiger partial charge is 0.243 e. The number of aliphatic hydroxyl groups excluding tert-OH is 1. The molecule has 5 heteroatoms. The highest BCUT2D eigenvalue weighted by molar-refractivity contribution is 7.89. The van der Waals surface area contributed by atoms with E-state index in [1.165, 1.54) is 4.31 Å². The summed E-state index contributed by atoms with van der Waals surface area (Å²) in [6.07, 6.45) is 2.22. The molecule has 0 unspecified atom stereocenters. The second-order valence-electron chi connectivity index (χ2n) is 10.0. The van der Waals surface area contributed by atoms with Crippen molar-refractivity contribution in [1.82, 2.24) is 4.31 Å². The van der Waals surface area contributed by atoms with E-state index in [1.54, 1.807) is 12.1 Å². The molecule has 0 radical (unpaired) electrons. The lowest BCUT2D eigenvalue weighted by Gasteiger charge is -2.39. The Hall–Kier alpha value is -2.13. The van der Waals surface area contributed by atoms with E-state index in [0.29, 0.717) is 11.4 Å². The van der Waals surface area contributed by atoms with Crippen molar-refractivity contribution in [3.8, 4) is 11.8 Å². The van der Waals surface area contributed by atoms with E-state index >= 15 is 0 Å². The van der Waals surface area contributed by atoms with Crippen molar-refractivity contribution in [1.29, 1.82) is 0 Å². The van der Waals surface area contributed by atoms with Crippen molar-refractivity contribution in [2.45, 2.75) is 51.0 Å². The van der Waals surface area contributed by atoms with Gasteiger partial charge in [-0.2, -0.15) is 4.31 Å². The van der Waals surface area contributed by atoms with Crippen LogP contribution in [0.15, 0.2) is 59.5 Å². The maximum Gasteiger partial charge on any atom is 0.243 e. The quantitative estimate of drug-likeness (QED) is 0.713. The number of nitrogens with zero attached hydrogens (tertiary/aromatic N) is 1. The molecule has 0 heterocycles. The van der Waals surface area contributed by atoms with Crippen LogP contribution in [0.25, 0.3) is 0 Å². The van der Waals surface area contributed by atoms with Crippen LogP contribution in [-0.2, 0) is 10.0 Å². The Kier molecular flexibility index (Phi) is 5.76. The van der Waals surface area contributed by atoms with E-state index in [4.69, 9.17) is 0 Å². The first-order valence-electron chi connectivity index (χ1n) is 10.9. The molecule has 0 aromatic heterocycles. The van der Waals surface area contributed by atoms with Gasteiger partial charge in [0.15, 0.2) is 0 Å². The predicted molar refractivity (Wildman–Crippen MR) is 123 cm³/mol. The number of hydrogen-bond donors (Lipinski definition) is 1. The molecule has 2 saturated carbocycles. The van der Waals surface area contributed by atoms with Gasteiger partial charge in [-0.25, -0.2) is 8.42 Å². The lowest BCUT2D eigenvalue weighted by molar-refractivity contribution is 0.0236. The Labute approximate surface area is 186 Å². The third-order valence-corrected chi connectivity index (χ3v) is 8.53. The fourth-order valence-corrected chi connectivity index (χ4v) is 6.73. The summed E-state index contributed by atoms with van der Waals surface area (Å²) in [5, 5.41) is 10.6. The second-order valence-corrected chi connectivity index (χ2v) is 12.0. The Morgan fingerprint density at radius 1 is 1.06 bits per heavy atom. The molecule has 2 aliphatic carbocycles. The van der Waals surface area contributed by atoms with Crippen LogP contribution in [0.3, 0.4) is 0 Å². The SMILES string of the molecule is Cc1ccc(S(=O)(=O)N(CC#Cc2ccccc2)C[C@@]23C[C@@H]2[C@H](O)CC(C)(C)C3)cc1. The van der Waals surface area contributed by atoms with Crippen molar-refractivity contribution < 1.29 is 13.5 Å². The molecule has 0 saturated heterocycles. The second kappa shape index (κ2) is 8.09. The van der Waals surface area contributed by atoms with E-state index in [-0.39, 0.29) is 29.4 Å². The van der Waals surface area contributed by atoms with Gasteiger partial charge in [0.1, 0.15) is 0 Å². The maximum atomic E-state index is 13.6. The molecule has 2 aromatic rings. The highest BCUT2D eigenvalue weighted by Gasteiger charge is 2.63. The van der Waals surface area contributed by atoms with Crippen LogP contribution in [0.4, 0.5) is 0 Å². The number of fused-ring (bicyclic) bond motifs is 1. The van der Waals surface area contributed by atoms with Gasteiger partial charge in [0.25, 0.3) is 0 Å². The van der Waals surface area contributed by atoms with E-state index in [0.717, 1.165) is 30.4 Å². The minimum atomic E-state index is -3.69. The molecule has 31 heavy (non-hydrogen) atoms.